The van der Waals surface area contributed by atoms with Gasteiger partial charge in [-0.1, -0.05) is 6.92 Å². The fourth-order valence-corrected chi connectivity index (χ4v) is 3.48. The van der Waals surface area contributed by atoms with Gasteiger partial charge in [-0.3, -0.25) is 4.79 Å². The van der Waals surface area contributed by atoms with Gasteiger partial charge in [0.1, 0.15) is 0 Å². The van der Waals surface area contributed by atoms with Gasteiger partial charge in [-0.05, 0) is 67.5 Å². The van der Waals surface area contributed by atoms with Crippen molar-refractivity contribution < 1.29 is 4.79 Å². The Bertz CT molecular complexity index is 489. The summed E-state index contributed by atoms with van der Waals surface area (Å²) in [6.07, 6.45) is 2.30. The van der Waals surface area contributed by atoms with E-state index in [9.17, 15) is 4.79 Å². The largest absolute Gasteiger partial charge is 0.366 e. The highest BCUT2D eigenvalue weighted by Gasteiger charge is 2.23. The Labute approximate surface area is 130 Å². The number of benzene rings is 1. The fourth-order valence-electron chi connectivity index (χ4n) is 2.87. The first kappa shape index (κ1) is 15.5. The van der Waals surface area contributed by atoms with Gasteiger partial charge in [0, 0.05) is 29.2 Å². The van der Waals surface area contributed by atoms with Gasteiger partial charge in [-0.25, -0.2) is 0 Å². The van der Waals surface area contributed by atoms with Gasteiger partial charge in [0.05, 0.1) is 5.69 Å². The van der Waals surface area contributed by atoms with Crippen molar-refractivity contribution in [1.29, 1.82) is 0 Å². The number of nitrogens with zero attached hydrogens (tertiary/aromatic N) is 2. The summed E-state index contributed by atoms with van der Waals surface area (Å²) in [7, 11) is 2.19. The number of hydrogen-bond donors (Lipinski definition) is 0. The van der Waals surface area contributed by atoms with Crippen molar-refractivity contribution in [3.63, 3.8) is 0 Å². The van der Waals surface area contributed by atoms with Gasteiger partial charge in [-0.15, -0.1) is 0 Å². The number of Topliss-reactive ketones (excluding diaryl/α,β-unsaturated/α-hetero) is 1. The van der Waals surface area contributed by atoms with Crippen molar-refractivity contribution in [2.45, 2.75) is 32.7 Å². The summed E-state index contributed by atoms with van der Waals surface area (Å²) < 4.78 is 1.02. The Balaban J connectivity index is 2.30. The normalized spacial score (nSPS) is 20.8. The molecule has 3 nitrogen and oxygen atoms in total. The molecule has 0 radical (unpaired) electrons. The van der Waals surface area contributed by atoms with Crippen LogP contribution in [-0.2, 0) is 0 Å². The smallest absolute Gasteiger partial charge is 0.159 e. The molecule has 0 saturated carbocycles. The van der Waals surface area contributed by atoms with E-state index in [1.165, 1.54) is 12.1 Å². The first-order valence-electron chi connectivity index (χ1n) is 7.28. The van der Waals surface area contributed by atoms with Crippen molar-refractivity contribution in [2.24, 2.45) is 0 Å². The number of halogens is 1. The Hall–Kier alpha value is -0.870. The molecule has 1 aromatic carbocycles. The monoisotopic (exact) mass is 338 g/mol. The molecule has 1 atom stereocenters. The second kappa shape index (κ2) is 6.72. The van der Waals surface area contributed by atoms with Crippen LogP contribution >= 0.6 is 15.9 Å². The maximum absolute atomic E-state index is 11.5. The summed E-state index contributed by atoms with van der Waals surface area (Å²) in [5, 5.41) is 0. The molecular weight excluding hydrogens is 316 g/mol. The van der Waals surface area contributed by atoms with Gasteiger partial charge in [0.2, 0.25) is 0 Å². The number of anilines is 1. The molecule has 1 unspecified atom stereocenters. The summed E-state index contributed by atoms with van der Waals surface area (Å²) in [6.45, 7) is 7.17. The molecule has 1 saturated heterocycles. The molecule has 2 rings (SSSR count). The third-order valence-corrected chi connectivity index (χ3v) is 4.67. The maximum atomic E-state index is 11.5. The third kappa shape index (κ3) is 3.41. The quantitative estimate of drug-likeness (QED) is 0.787. The van der Waals surface area contributed by atoms with Crippen LogP contribution in [0.3, 0.4) is 0 Å². The topological polar surface area (TPSA) is 23.6 Å². The number of carbonyl (C=O) groups excluding carboxylic acids is 1. The van der Waals surface area contributed by atoms with Crippen LogP contribution in [0.4, 0.5) is 5.69 Å². The van der Waals surface area contributed by atoms with Gasteiger partial charge >= 0.3 is 0 Å². The second-order valence-electron chi connectivity index (χ2n) is 5.59. The molecule has 1 fully saturated rings. The van der Waals surface area contributed by atoms with Crippen molar-refractivity contribution in [1.82, 2.24) is 4.90 Å². The van der Waals surface area contributed by atoms with Crippen LogP contribution in [0.1, 0.15) is 37.0 Å². The molecule has 1 aliphatic rings. The highest BCUT2D eigenvalue weighted by atomic mass is 79.9. The summed E-state index contributed by atoms with van der Waals surface area (Å²) >= 11 is 3.64. The molecule has 0 aromatic heterocycles. The predicted molar refractivity (Wildman–Crippen MR) is 87.7 cm³/mol. The SMILES string of the molecule is CCC1CN(C)CCCN1c1ccc(C(C)=O)cc1Br. The van der Waals surface area contributed by atoms with Crippen molar-refractivity contribution in [3.8, 4) is 0 Å². The Morgan fingerprint density at radius 2 is 2.15 bits per heavy atom. The van der Waals surface area contributed by atoms with Crippen molar-refractivity contribution in [3.05, 3.63) is 28.2 Å². The van der Waals surface area contributed by atoms with E-state index >= 15 is 0 Å². The average molecular weight is 339 g/mol. The van der Waals surface area contributed by atoms with E-state index in [4.69, 9.17) is 0 Å². The molecule has 4 heteroatoms. The van der Waals surface area contributed by atoms with Gasteiger partial charge in [0.25, 0.3) is 0 Å². The van der Waals surface area contributed by atoms with E-state index in [1.807, 2.05) is 12.1 Å². The third-order valence-electron chi connectivity index (χ3n) is 4.04. The lowest BCUT2D eigenvalue weighted by molar-refractivity contribution is 0.101. The molecule has 0 bridgehead atoms. The standard InChI is InChI=1S/C16H23BrN2O/c1-4-14-11-18(3)8-5-9-19(14)16-7-6-13(12(2)20)10-15(16)17/h6-7,10,14H,4-5,8-9,11H2,1-3H3. The highest BCUT2D eigenvalue weighted by Crippen LogP contribution is 2.31. The number of carbonyl (C=O) groups is 1. The first-order chi connectivity index (χ1) is 9.52. The zero-order valence-corrected chi connectivity index (χ0v) is 14.1. The molecular formula is C16H23BrN2O. The summed E-state index contributed by atoms with van der Waals surface area (Å²) in [4.78, 5) is 16.4. The van der Waals surface area contributed by atoms with Crippen LogP contribution < -0.4 is 4.90 Å². The highest BCUT2D eigenvalue weighted by molar-refractivity contribution is 9.10. The Morgan fingerprint density at radius 1 is 1.40 bits per heavy atom. The van der Waals surface area contributed by atoms with E-state index in [0.29, 0.717) is 6.04 Å². The minimum Gasteiger partial charge on any atom is -0.366 e. The molecule has 110 valence electrons. The number of hydrogen-bond acceptors (Lipinski definition) is 3. The summed E-state index contributed by atoms with van der Waals surface area (Å²) in [5.74, 6) is 0.111. The van der Waals surface area contributed by atoms with Gasteiger partial charge < -0.3 is 9.80 Å². The Kier molecular flexibility index (Phi) is 5.22. The zero-order valence-electron chi connectivity index (χ0n) is 12.5. The zero-order chi connectivity index (χ0) is 14.7. The molecule has 1 heterocycles. The van der Waals surface area contributed by atoms with Crippen LogP contribution in [0, 0.1) is 0 Å². The van der Waals surface area contributed by atoms with E-state index in [-0.39, 0.29) is 5.78 Å². The molecule has 0 spiro atoms. The number of rotatable bonds is 3. The van der Waals surface area contributed by atoms with E-state index in [1.54, 1.807) is 6.92 Å². The summed E-state index contributed by atoms with van der Waals surface area (Å²) in [5.41, 5.74) is 1.97. The van der Waals surface area contributed by atoms with E-state index in [2.05, 4.69) is 45.8 Å². The number of ketones is 1. The average Bonchev–Trinajstić information content (AvgIpc) is 2.60. The molecule has 0 aliphatic carbocycles. The lowest BCUT2D eigenvalue weighted by Gasteiger charge is -2.33. The lowest BCUT2D eigenvalue weighted by atomic mass is 10.1. The maximum Gasteiger partial charge on any atom is 0.159 e. The molecule has 20 heavy (non-hydrogen) atoms. The predicted octanol–water partition coefficient (Wildman–Crippen LogP) is 3.57. The minimum atomic E-state index is 0.111. The molecule has 0 N–H and O–H groups in total. The van der Waals surface area contributed by atoms with Crippen LogP contribution in [-0.4, -0.2) is 43.4 Å². The van der Waals surface area contributed by atoms with E-state index in [0.717, 1.165) is 36.1 Å². The first-order valence-corrected chi connectivity index (χ1v) is 8.08. The summed E-state index contributed by atoms with van der Waals surface area (Å²) in [6, 6.07) is 6.49. The lowest BCUT2D eigenvalue weighted by Crippen LogP contribution is -2.40. The molecule has 0 amide bonds. The van der Waals surface area contributed by atoms with Crippen LogP contribution in [0.15, 0.2) is 22.7 Å². The van der Waals surface area contributed by atoms with Crippen LogP contribution in [0.5, 0.6) is 0 Å². The Morgan fingerprint density at radius 3 is 2.75 bits per heavy atom. The molecule has 1 aliphatic heterocycles. The van der Waals surface area contributed by atoms with E-state index < -0.39 is 0 Å². The van der Waals surface area contributed by atoms with Crippen molar-refractivity contribution in [2.75, 3.05) is 31.6 Å². The molecule has 1 aromatic rings. The second-order valence-corrected chi connectivity index (χ2v) is 6.45. The van der Waals surface area contributed by atoms with Crippen LogP contribution in [0.25, 0.3) is 0 Å². The fraction of sp³-hybridized carbons (Fsp3) is 0.562. The van der Waals surface area contributed by atoms with Crippen LogP contribution in [0.2, 0.25) is 0 Å². The van der Waals surface area contributed by atoms with Crippen molar-refractivity contribution >= 4 is 27.4 Å². The minimum absolute atomic E-state index is 0.111. The van der Waals surface area contributed by atoms with Gasteiger partial charge in [0.15, 0.2) is 5.78 Å². The number of likely N-dealkylation sites (N-methyl/N-ethyl adjacent to an activating group) is 1. The van der Waals surface area contributed by atoms with Gasteiger partial charge in [-0.2, -0.15) is 0 Å².